The van der Waals surface area contributed by atoms with E-state index in [1.165, 1.54) is 45.3 Å². The molecule has 0 aliphatic carbocycles. The van der Waals surface area contributed by atoms with E-state index in [1.54, 1.807) is 24.3 Å². The standard InChI is InChI=1S/C21H33N5O2.HI/c1-2-22-21(23-14-20(28)24-18-6-8-19(27)9-7-18)26-13-10-17(16-26)15-25-11-4-3-5-12-25;/h6-9,17,27H,2-5,10-16H2,1H3,(H,22,23)(H,24,28);1H. The maximum Gasteiger partial charge on any atom is 0.246 e. The van der Waals surface area contributed by atoms with Gasteiger partial charge in [0.15, 0.2) is 5.96 Å². The van der Waals surface area contributed by atoms with Crippen molar-refractivity contribution in [2.75, 3.05) is 51.1 Å². The molecule has 2 fully saturated rings. The smallest absolute Gasteiger partial charge is 0.246 e. The number of rotatable bonds is 6. The largest absolute Gasteiger partial charge is 0.508 e. The zero-order valence-corrected chi connectivity index (χ0v) is 19.6. The number of hydrogen-bond acceptors (Lipinski definition) is 4. The van der Waals surface area contributed by atoms with E-state index in [0.717, 1.165) is 25.6 Å². The van der Waals surface area contributed by atoms with Gasteiger partial charge in [0.2, 0.25) is 5.91 Å². The summed E-state index contributed by atoms with van der Waals surface area (Å²) in [5.74, 6) is 1.51. The number of aliphatic imine (C=N–C) groups is 1. The molecular weight excluding hydrogens is 481 g/mol. The summed E-state index contributed by atoms with van der Waals surface area (Å²) in [7, 11) is 0. The monoisotopic (exact) mass is 515 g/mol. The minimum absolute atomic E-state index is 0. The van der Waals surface area contributed by atoms with Gasteiger partial charge in [0, 0.05) is 31.9 Å². The zero-order valence-electron chi connectivity index (χ0n) is 17.3. The molecule has 0 spiro atoms. The van der Waals surface area contributed by atoms with Crippen LogP contribution in [0, 0.1) is 5.92 Å². The van der Waals surface area contributed by atoms with E-state index in [0.29, 0.717) is 11.6 Å². The molecule has 2 heterocycles. The molecule has 3 rings (SSSR count). The van der Waals surface area contributed by atoms with Gasteiger partial charge >= 0.3 is 0 Å². The van der Waals surface area contributed by atoms with Crippen molar-refractivity contribution in [3.8, 4) is 5.75 Å². The number of piperidine rings is 1. The quantitative estimate of drug-likeness (QED) is 0.235. The predicted octanol–water partition coefficient (Wildman–Crippen LogP) is 2.72. The van der Waals surface area contributed by atoms with Crippen LogP contribution in [0.15, 0.2) is 29.3 Å². The average molecular weight is 515 g/mol. The lowest BCUT2D eigenvalue weighted by Crippen LogP contribution is -2.41. The van der Waals surface area contributed by atoms with Crippen molar-refractivity contribution in [3.63, 3.8) is 0 Å². The number of aromatic hydroxyl groups is 1. The molecule has 1 unspecified atom stereocenters. The third kappa shape index (κ3) is 7.65. The van der Waals surface area contributed by atoms with Crippen LogP contribution in [-0.4, -0.2) is 72.6 Å². The number of hydrogen-bond donors (Lipinski definition) is 3. The fourth-order valence-corrected chi connectivity index (χ4v) is 4.00. The Morgan fingerprint density at radius 3 is 2.59 bits per heavy atom. The number of benzene rings is 1. The molecule has 1 amide bonds. The number of carbonyl (C=O) groups excluding carboxylic acids is 1. The molecule has 2 saturated heterocycles. The lowest BCUT2D eigenvalue weighted by Gasteiger charge is -2.29. The molecule has 3 N–H and O–H groups in total. The summed E-state index contributed by atoms with van der Waals surface area (Å²) in [6, 6.07) is 6.45. The molecule has 1 aromatic carbocycles. The maximum atomic E-state index is 12.2. The van der Waals surface area contributed by atoms with Gasteiger partial charge in [-0.1, -0.05) is 6.42 Å². The predicted molar refractivity (Wildman–Crippen MR) is 128 cm³/mol. The van der Waals surface area contributed by atoms with Crippen molar-refractivity contribution in [1.29, 1.82) is 0 Å². The van der Waals surface area contributed by atoms with Gasteiger partial charge in [-0.2, -0.15) is 0 Å². The van der Waals surface area contributed by atoms with Gasteiger partial charge in [-0.15, -0.1) is 24.0 Å². The van der Waals surface area contributed by atoms with E-state index in [1.807, 2.05) is 6.92 Å². The minimum Gasteiger partial charge on any atom is -0.508 e. The van der Waals surface area contributed by atoms with Crippen LogP contribution < -0.4 is 10.6 Å². The van der Waals surface area contributed by atoms with Gasteiger partial charge in [-0.3, -0.25) is 4.79 Å². The molecule has 0 bridgehead atoms. The second-order valence-electron chi connectivity index (χ2n) is 7.73. The first-order valence-electron chi connectivity index (χ1n) is 10.5. The second-order valence-corrected chi connectivity index (χ2v) is 7.73. The highest BCUT2D eigenvalue weighted by atomic mass is 127. The van der Waals surface area contributed by atoms with Gasteiger partial charge in [0.05, 0.1) is 0 Å². The van der Waals surface area contributed by atoms with Crippen LogP contribution in [0.1, 0.15) is 32.6 Å². The molecule has 162 valence electrons. The Morgan fingerprint density at radius 2 is 1.90 bits per heavy atom. The minimum atomic E-state index is -0.162. The van der Waals surface area contributed by atoms with Crippen molar-refractivity contribution in [3.05, 3.63) is 24.3 Å². The van der Waals surface area contributed by atoms with E-state index in [9.17, 15) is 9.90 Å². The Kier molecular flexibility index (Phi) is 9.99. The van der Waals surface area contributed by atoms with Gasteiger partial charge < -0.3 is 25.5 Å². The second kappa shape index (κ2) is 12.2. The Labute approximate surface area is 191 Å². The molecule has 0 aromatic heterocycles. The van der Waals surface area contributed by atoms with E-state index in [-0.39, 0.29) is 42.2 Å². The summed E-state index contributed by atoms with van der Waals surface area (Å²) in [4.78, 5) is 21.6. The molecule has 1 atom stereocenters. The summed E-state index contributed by atoms with van der Waals surface area (Å²) in [6.07, 6.45) is 5.21. The number of nitrogens with one attached hydrogen (secondary N) is 2. The first kappa shape index (κ1) is 23.7. The highest BCUT2D eigenvalue weighted by Gasteiger charge is 2.27. The lowest BCUT2D eigenvalue weighted by molar-refractivity contribution is -0.114. The van der Waals surface area contributed by atoms with Crippen molar-refractivity contribution < 1.29 is 9.90 Å². The molecule has 29 heavy (non-hydrogen) atoms. The molecule has 7 nitrogen and oxygen atoms in total. The fourth-order valence-electron chi connectivity index (χ4n) is 4.00. The van der Waals surface area contributed by atoms with Crippen molar-refractivity contribution in [1.82, 2.24) is 15.1 Å². The van der Waals surface area contributed by atoms with E-state index in [2.05, 4.69) is 25.4 Å². The number of carbonyl (C=O) groups is 1. The number of guanidine groups is 1. The normalized spacial score (nSPS) is 20.2. The van der Waals surface area contributed by atoms with E-state index < -0.39 is 0 Å². The van der Waals surface area contributed by atoms with Crippen LogP contribution in [0.5, 0.6) is 5.75 Å². The van der Waals surface area contributed by atoms with Crippen molar-refractivity contribution >= 4 is 41.5 Å². The summed E-state index contributed by atoms with van der Waals surface area (Å²) < 4.78 is 0. The number of phenols is 1. The summed E-state index contributed by atoms with van der Waals surface area (Å²) >= 11 is 0. The SMILES string of the molecule is CCNC(=NCC(=O)Nc1ccc(O)cc1)N1CCC(CN2CCCCC2)C1.I. The van der Waals surface area contributed by atoms with Crippen LogP contribution in [0.3, 0.4) is 0 Å². The van der Waals surface area contributed by atoms with Crippen LogP contribution >= 0.6 is 24.0 Å². The topological polar surface area (TPSA) is 80.2 Å². The average Bonchev–Trinajstić information content (AvgIpc) is 3.16. The Morgan fingerprint density at radius 1 is 1.17 bits per heavy atom. The molecule has 0 radical (unpaired) electrons. The number of nitrogens with zero attached hydrogens (tertiary/aromatic N) is 3. The van der Waals surface area contributed by atoms with Gasteiger partial charge in [-0.05, 0) is 69.5 Å². The van der Waals surface area contributed by atoms with E-state index in [4.69, 9.17) is 0 Å². The number of halogens is 1. The molecule has 2 aliphatic rings. The molecule has 1 aromatic rings. The Hall–Kier alpha value is -1.55. The highest BCUT2D eigenvalue weighted by Crippen LogP contribution is 2.20. The molecular formula is C21H34IN5O2. The van der Waals surface area contributed by atoms with Crippen LogP contribution in [-0.2, 0) is 4.79 Å². The molecule has 2 aliphatic heterocycles. The highest BCUT2D eigenvalue weighted by molar-refractivity contribution is 14.0. The summed E-state index contributed by atoms with van der Waals surface area (Å²) in [5.41, 5.74) is 0.658. The van der Waals surface area contributed by atoms with Gasteiger partial charge in [0.25, 0.3) is 0 Å². The Bertz CT molecular complexity index is 662. The number of phenolic OH excluding ortho intramolecular Hbond substituents is 1. The first-order chi connectivity index (χ1) is 13.6. The van der Waals surface area contributed by atoms with Crippen LogP contribution in [0.4, 0.5) is 5.69 Å². The van der Waals surface area contributed by atoms with E-state index >= 15 is 0 Å². The Balaban J connectivity index is 0.00000300. The first-order valence-corrected chi connectivity index (χ1v) is 10.5. The zero-order chi connectivity index (χ0) is 19.8. The van der Waals surface area contributed by atoms with Gasteiger partial charge in [-0.25, -0.2) is 4.99 Å². The number of likely N-dealkylation sites (tertiary alicyclic amines) is 2. The lowest BCUT2D eigenvalue weighted by atomic mass is 10.1. The summed E-state index contributed by atoms with van der Waals surface area (Å²) in [6.45, 7) is 8.56. The fraction of sp³-hybridized carbons (Fsp3) is 0.619. The summed E-state index contributed by atoms with van der Waals surface area (Å²) in [5, 5.41) is 15.5. The third-order valence-corrected chi connectivity index (χ3v) is 5.41. The molecule has 8 heteroatoms. The van der Waals surface area contributed by atoms with Crippen molar-refractivity contribution in [2.45, 2.75) is 32.6 Å². The third-order valence-electron chi connectivity index (χ3n) is 5.41. The van der Waals surface area contributed by atoms with Gasteiger partial charge in [0.1, 0.15) is 12.3 Å². The maximum absolute atomic E-state index is 12.2. The molecule has 0 saturated carbocycles. The van der Waals surface area contributed by atoms with Crippen molar-refractivity contribution in [2.24, 2.45) is 10.9 Å². The van der Waals surface area contributed by atoms with Crippen LogP contribution in [0.25, 0.3) is 0 Å². The number of anilines is 1. The van der Waals surface area contributed by atoms with Crippen LogP contribution in [0.2, 0.25) is 0 Å². The number of amides is 1.